The Labute approximate surface area is 75.3 Å². The third kappa shape index (κ3) is 3.46. The van der Waals surface area contributed by atoms with Crippen molar-refractivity contribution in [3.8, 4) is 0 Å². The highest BCUT2D eigenvalue weighted by Crippen LogP contribution is 2.11. The lowest BCUT2D eigenvalue weighted by atomic mass is 9.98. The predicted octanol–water partition coefficient (Wildman–Crippen LogP) is 2.29. The molecule has 0 fully saturated rings. The first-order chi connectivity index (χ1) is 5.49. The van der Waals surface area contributed by atoms with Gasteiger partial charge in [0.2, 0.25) is 0 Å². The van der Waals surface area contributed by atoms with Crippen LogP contribution in [0, 0.1) is 5.92 Å². The monoisotopic (exact) mass is 169 g/mol. The maximum atomic E-state index is 4.93. The quantitative estimate of drug-likeness (QED) is 0.503. The molecule has 0 rings (SSSR count). The van der Waals surface area contributed by atoms with E-state index < -0.39 is 0 Å². The van der Waals surface area contributed by atoms with Crippen molar-refractivity contribution < 1.29 is 4.74 Å². The molecule has 0 bridgehead atoms. The summed E-state index contributed by atoms with van der Waals surface area (Å²) in [5.74, 6) is 1.09. The summed E-state index contributed by atoms with van der Waals surface area (Å²) in [4.78, 5) is 0. The Kier molecular flexibility index (Phi) is 4.49. The zero-order chi connectivity index (χ0) is 9.72. The predicted molar refractivity (Wildman–Crippen MR) is 52.7 cm³/mol. The summed E-state index contributed by atoms with van der Waals surface area (Å²) < 4.78 is 4.93. The molecule has 1 atom stereocenters. The first kappa shape index (κ1) is 11.1. The van der Waals surface area contributed by atoms with Crippen molar-refractivity contribution >= 4 is 0 Å². The number of hydrogen-bond acceptors (Lipinski definition) is 2. The summed E-state index contributed by atoms with van der Waals surface area (Å²) in [6.45, 7) is 13.9. The van der Waals surface area contributed by atoms with Crippen LogP contribution < -0.4 is 5.32 Å². The first-order valence-electron chi connectivity index (χ1n) is 4.13. The first-order valence-corrected chi connectivity index (χ1v) is 4.13. The third-order valence-corrected chi connectivity index (χ3v) is 1.76. The number of rotatable bonds is 5. The molecule has 0 aliphatic carbocycles. The largest absolute Gasteiger partial charge is 0.483 e. The molecule has 0 heterocycles. The van der Waals surface area contributed by atoms with Crippen LogP contribution >= 0.6 is 0 Å². The molecular weight excluding hydrogens is 150 g/mol. The van der Waals surface area contributed by atoms with Gasteiger partial charge in [-0.15, -0.1) is 0 Å². The molecule has 0 aliphatic rings. The molecule has 12 heavy (non-hydrogen) atoms. The van der Waals surface area contributed by atoms with Crippen molar-refractivity contribution in [3.63, 3.8) is 0 Å². The molecule has 0 aromatic heterocycles. The molecule has 0 radical (unpaired) electrons. The fourth-order valence-electron chi connectivity index (χ4n) is 1.09. The normalized spacial score (nSPS) is 12.4. The van der Waals surface area contributed by atoms with Gasteiger partial charge in [0.15, 0.2) is 5.88 Å². The van der Waals surface area contributed by atoms with Crippen molar-refractivity contribution in [1.82, 2.24) is 5.32 Å². The van der Waals surface area contributed by atoms with Crippen LogP contribution in [0.25, 0.3) is 0 Å². The van der Waals surface area contributed by atoms with Gasteiger partial charge < -0.3 is 10.1 Å². The van der Waals surface area contributed by atoms with Crippen LogP contribution in [-0.4, -0.2) is 13.2 Å². The van der Waals surface area contributed by atoms with Gasteiger partial charge in [0.05, 0.1) is 13.2 Å². The van der Waals surface area contributed by atoms with E-state index in [4.69, 9.17) is 4.74 Å². The number of methoxy groups -OCH3 is 1. The van der Waals surface area contributed by atoms with E-state index >= 15 is 0 Å². The van der Waals surface area contributed by atoms with E-state index in [0.29, 0.717) is 11.8 Å². The Morgan fingerprint density at radius 1 is 1.33 bits per heavy atom. The molecule has 2 nitrogen and oxygen atoms in total. The molecule has 70 valence electrons. The van der Waals surface area contributed by atoms with Gasteiger partial charge in [-0.3, -0.25) is 0 Å². The second-order valence-electron chi connectivity index (χ2n) is 3.34. The fourth-order valence-corrected chi connectivity index (χ4v) is 1.09. The topological polar surface area (TPSA) is 21.3 Å². The summed E-state index contributed by atoms with van der Waals surface area (Å²) in [7, 11) is 1.60. The minimum absolute atomic E-state index is 0.248. The molecule has 2 heteroatoms. The molecule has 0 spiro atoms. The third-order valence-electron chi connectivity index (χ3n) is 1.76. The number of nitrogens with one attached hydrogen (secondary N) is 1. The molecule has 1 N–H and O–H groups in total. The van der Waals surface area contributed by atoms with E-state index in [-0.39, 0.29) is 6.04 Å². The van der Waals surface area contributed by atoms with Crippen molar-refractivity contribution in [1.29, 1.82) is 0 Å². The minimum atomic E-state index is 0.248. The summed E-state index contributed by atoms with van der Waals surface area (Å²) in [5, 5.41) is 3.15. The lowest BCUT2D eigenvalue weighted by Gasteiger charge is -2.23. The second-order valence-corrected chi connectivity index (χ2v) is 3.34. The van der Waals surface area contributed by atoms with E-state index in [1.54, 1.807) is 7.11 Å². The van der Waals surface area contributed by atoms with Crippen LogP contribution in [0.5, 0.6) is 0 Å². The standard InChI is InChI=1S/C10H19NO/c1-7(2)10(8(3)4)11-9(5)12-6/h8,10-11H,1,5H2,2-4,6H3. The highest BCUT2D eigenvalue weighted by atomic mass is 16.5. The second kappa shape index (κ2) is 4.86. The maximum Gasteiger partial charge on any atom is 0.179 e. The molecule has 0 aliphatic heterocycles. The highest BCUT2D eigenvalue weighted by molar-refractivity contribution is 5.06. The summed E-state index contributed by atoms with van der Waals surface area (Å²) in [6, 6.07) is 0.248. The van der Waals surface area contributed by atoms with Gasteiger partial charge in [-0.25, -0.2) is 0 Å². The fraction of sp³-hybridized carbons (Fsp3) is 0.600. The van der Waals surface area contributed by atoms with Gasteiger partial charge in [0.1, 0.15) is 0 Å². The van der Waals surface area contributed by atoms with Gasteiger partial charge in [0.25, 0.3) is 0 Å². The minimum Gasteiger partial charge on any atom is -0.483 e. The highest BCUT2D eigenvalue weighted by Gasteiger charge is 2.13. The molecule has 0 amide bonds. The Balaban J connectivity index is 4.14. The van der Waals surface area contributed by atoms with Crippen molar-refractivity contribution in [2.45, 2.75) is 26.8 Å². The van der Waals surface area contributed by atoms with Crippen molar-refractivity contribution in [3.05, 3.63) is 24.6 Å². The zero-order valence-electron chi connectivity index (χ0n) is 8.48. The molecule has 0 saturated carbocycles. The Morgan fingerprint density at radius 2 is 1.83 bits per heavy atom. The zero-order valence-corrected chi connectivity index (χ0v) is 8.48. The van der Waals surface area contributed by atoms with Crippen molar-refractivity contribution in [2.75, 3.05) is 7.11 Å². The smallest absolute Gasteiger partial charge is 0.179 e. The summed E-state index contributed by atoms with van der Waals surface area (Å²) >= 11 is 0. The summed E-state index contributed by atoms with van der Waals surface area (Å²) in [5.41, 5.74) is 1.10. The van der Waals surface area contributed by atoms with Gasteiger partial charge in [-0.2, -0.15) is 0 Å². The molecule has 0 saturated heterocycles. The maximum absolute atomic E-state index is 4.93. The SMILES string of the molecule is C=C(NC(C(=C)C)C(C)C)OC. The van der Waals surface area contributed by atoms with Crippen LogP contribution in [0.1, 0.15) is 20.8 Å². The van der Waals surface area contributed by atoms with E-state index in [1.807, 2.05) is 6.92 Å². The molecule has 1 unspecified atom stereocenters. The van der Waals surface area contributed by atoms with E-state index in [2.05, 4.69) is 32.3 Å². The van der Waals surface area contributed by atoms with Crippen LogP contribution in [0.3, 0.4) is 0 Å². The molecule has 0 aromatic carbocycles. The molecule has 0 aromatic rings. The average Bonchev–Trinajstić information content (AvgIpc) is 1.98. The van der Waals surface area contributed by atoms with Crippen LogP contribution in [0.2, 0.25) is 0 Å². The van der Waals surface area contributed by atoms with Crippen LogP contribution in [0.4, 0.5) is 0 Å². The Hall–Kier alpha value is -0.920. The Morgan fingerprint density at radius 3 is 2.08 bits per heavy atom. The van der Waals surface area contributed by atoms with Gasteiger partial charge >= 0.3 is 0 Å². The van der Waals surface area contributed by atoms with E-state index in [9.17, 15) is 0 Å². The van der Waals surface area contributed by atoms with Crippen LogP contribution in [0.15, 0.2) is 24.6 Å². The lowest BCUT2D eigenvalue weighted by Crippen LogP contribution is -2.34. The number of ether oxygens (including phenoxy) is 1. The van der Waals surface area contributed by atoms with Crippen LogP contribution in [-0.2, 0) is 4.74 Å². The van der Waals surface area contributed by atoms with Gasteiger partial charge in [-0.05, 0) is 19.4 Å². The lowest BCUT2D eigenvalue weighted by molar-refractivity contribution is 0.246. The van der Waals surface area contributed by atoms with Crippen molar-refractivity contribution in [2.24, 2.45) is 5.92 Å². The summed E-state index contributed by atoms with van der Waals surface area (Å²) in [6.07, 6.45) is 0. The average molecular weight is 169 g/mol. The molecular formula is C10H19NO. The Bertz CT molecular complexity index is 173. The number of hydrogen-bond donors (Lipinski definition) is 1. The van der Waals surface area contributed by atoms with E-state index in [0.717, 1.165) is 5.57 Å². The van der Waals surface area contributed by atoms with Gasteiger partial charge in [0, 0.05) is 0 Å². The van der Waals surface area contributed by atoms with E-state index in [1.165, 1.54) is 0 Å². The van der Waals surface area contributed by atoms with Gasteiger partial charge in [-0.1, -0.05) is 26.0 Å².